The van der Waals surface area contributed by atoms with E-state index in [2.05, 4.69) is 17.6 Å². The second-order valence-corrected chi connectivity index (χ2v) is 13.2. The molecule has 2 rings (SSSR count). The number of unbranched alkanes of at least 4 members (excludes halogenated alkanes) is 7. The molecule has 1 aliphatic rings. The fraction of sp³-hybridized carbons (Fsp3) is 0.686. The smallest absolute Gasteiger partial charge is 0.338 e. The monoisotopic (exact) mass is 632 g/mol. The van der Waals surface area contributed by atoms with E-state index in [4.69, 9.17) is 9.47 Å². The molecule has 1 aliphatic heterocycles. The van der Waals surface area contributed by atoms with Crippen molar-refractivity contribution in [1.29, 1.82) is 0 Å². The third kappa shape index (κ3) is 14.0. The third-order valence-electron chi connectivity index (χ3n) is 8.01. The summed E-state index contributed by atoms with van der Waals surface area (Å²) in [5, 5.41) is 36.5. The molecule has 254 valence electrons. The maximum absolute atomic E-state index is 12.9. The number of amides is 2. The topological polar surface area (TPSA) is 154 Å². The second kappa shape index (κ2) is 19.7. The van der Waals surface area contributed by atoms with Gasteiger partial charge in [-0.1, -0.05) is 96.9 Å². The van der Waals surface area contributed by atoms with E-state index >= 15 is 0 Å². The van der Waals surface area contributed by atoms with Crippen molar-refractivity contribution in [2.45, 2.75) is 135 Å². The van der Waals surface area contributed by atoms with Crippen LogP contribution in [0.15, 0.2) is 36.4 Å². The van der Waals surface area contributed by atoms with Gasteiger partial charge in [-0.15, -0.1) is 0 Å². The predicted octanol–water partition coefficient (Wildman–Crippen LogP) is 3.99. The zero-order valence-electron chi connectivity index (χ0n) is 27.8. The molecule has 6 unspecified atom stereocenters. The number of hydrogen-bond acceptors (Lipinski definition) is 8. The van der Waals surface area contributed by atoms with Crippen LogP contribution in [0.5, 0.6) is 0 Å². The lowest BCUT2D eigenvalue weighted by Crippen LogP contribution is -2.55. The molecular formula is C35H56N2O8. The molecule has 0 bridgehead atoms. The van der Waals surface area contributed by atoms with Crippen LogP contribution in [0, 0.1) is 5.41 Å². The van der Waals surface area contributed by atoms with Crippen LogP contribution in [-0.2, 0) is 25.5 Å². The highest BCUT2D eigenvalue weighted by Crippen LogP contribution is 2.18. The normalized spacial score (nSPS) is 20.1. The summed E-state index contributed by atoms with van der Waals surface area (Å²) in [4.78, 5) is 38.5. The first-order valence-electron chi connectivity index (χ1n) is 16.5. The lowest BCUT2D eigenvalue weighted by atomic mass is 9.94. The number of aliphatic hydroxyl groups excluding tert-OH is 3. The van der Waals surface area contributed by atoms with E-state index in [0.717, 1.165) is 12.8 Å². The zero-order valence-corrected chi connectivity index (χ0v) is 27.8. The Kier molecular flexibility index (Phi) is 16.8. The number of aliphatic hydroxyl groups is 3. The molecule has 0 aliphatic carbocycles. The van der Waals surface area contributed by atoms with Crippen molar-refractivity contribution in [2.75, 3.05) is 13.7 Å². The minimum Gasteiger partial charge on any atom is -0.457 e. The largest absolute Gasteiger partial charge is 0.457 e. The molecule has 2 amide bonds. The van der Waals surface area contributed by atoms with Crippen molar-refractivity contribution in [2.24, 2.45) is 5.41 Å². The molecule has 10 heteroatoms. The number of methoxy groups -OCH3 is 1. The molecule has 0 spiro atoms. The number of aryl methyl sites for hydroxylation is 1. The van der Waals surface area contributed by atoms with E-state index in [0.29, 0.717) is 12.0 Å². The van der Waals surface area contributed by atoms with Crippen LogP contribution in [0.3, 0.4) is 0 Å². The van der Waals surface area contributed by atoms with E-state index in [1.165, 1.54) is 63.7 Å². The Hall–Kier alpha value is -2.79. The Morgan fingerprint density at radius 3 is 2.20 bits per heavy atom. The maximum atomic E-state index is 12.9. The predicted molar refractivity (Wildman–Crippen MR) is 174 cm³/mol. The minimum atomic E-state index is -1.76. The fourth-order valence-corrected chi connectivity index (χ4v) is 5.19. The highest BCUT2D eigenvalue weighted by atomic mass is 16.5. The molecule has 1 aromatic carbocycles. The van der Waals surface area contributed by atoms with Crippen molar-refractivity contribution in [3.8, 4) is 0 Å². The number of ether oxygens (including phenoxy) is 2. The average molecular weight is 633 g/mol. The second-order valence-electron chi connectivity index (χ2n) is 13.2. The highest BCUT2D eigenvalue weighted by molar-refractivity contribution is 5.91. The number of benzene rings is 1. The van der Waals surface area contributed by atoms with Crippen LogP contribution in [0.4, 0.5) is 0 Å². The standard InChI is InChI=1S/C35H56N2O8/c1-6-7-8-9-10-11-12-13-14-24-15-17-25(18-16-24)34(43)45-26-19-20-27(32(41)36-23-26)37-33(42)31(44-5)30(40)29(39)28(38)21-22-35(2,3)4/h15-18,21-22,26-31,38-40H,6-14,19-20,23H2,1-5H3,(H,36,41)(H,37,42)/b22-21+. The summed E-state index contributed by atoms with van der Waals surface area (Å²) in [5.41, 5.74) is 1.35. The molecule has 1 aromatic rings. The highest BCUT2D eigenvalue weighted by Gasteiger charge is 2.37. The molecule has 10 nitrogen and oxygen atoms in total. The summed E-state index contributed by atoms with van der Waals surface area (Å²) >= 11 is 0. The number of carbonyl (C=O) groups is 3. The van der Waals surface area contributed by atoms with Crippen LogP contribution in [0.25, 0.3) is 0 Å². The van der Waals surface area contributed by atoms with Crippen molar-refractivity contribution in [3.05, 3.63) is 47.5 Å². The van der Waals surface area contributed by atoms with E-state index in [-0.39, 0.29) is 18.4 Å². The quantitative estimate of drug-likeness (QED) is 0.0925. The number of carbonyl (C=O) groups excluding carboxylic acids is 3. The summed E-state index contributed by atoms with van der Waals surface area (Å²) in [6.07, 6.45) is 7.58. The van der Waals surface area contributed by atoms with Gasteiger partial charge >= 0.3 is 5.97 Å². The van der Waals surface area contributed by atoms with Crippen molar-refractivity contribution in [1.82, 2.24) is 10.6 Å². The zero-order chi connectivity index (χ0) is 33.4. The van der Waals surface area contributed by atoms with Crippen molar-refractivity contribution < 1.29 is 39.2 Å². The minimum absolute atomic E-state index is 0.0921. The number of hydrogen-bond donors (Lipinski definition) is 5. The van der Waals surface area contributed by atoms with Crippen LogP contribution in [0.2, 0.25) is 0 Å². The summed E-state index contributed by atoms with van der Waals surface area (Å²) < 4.78 is 10.8. The molecule has 6 atom stereocenters. The van der Waals surface area contributed by atoms with Gasteiger partial charge < -0.3 is 35.4 Å². The summed E-state index contributed by atoms with van der Waals surface area (Å²) in [5.74, 6) is -1.77. The Morgan fingerprint density at radius 2 is 1.60 bits per heavy atom. The fourth-order valence-electron chi connectivity index (χ4n) is 5.19. The van der Waals surface area contributed by atoms with Crippen molar-refractivity contribution in [3.63, 3.8) is 0 Å². The molecule has 0 radical (unpaired) electrons. The first-order valence-corrected chi connectivity index (χ1v) is 16.5. The van der Waals surface area contributed by atoms with Gasteiger partial charge in [-0.25, -0.2) is 4.79 Å². The molecule has 1 fully saturated rings. The van der Waals surface area contributed by atoms with Gasteiger partial charge in [0.05, 0.1) is 12.1 Å². The lowest BCUT2D eigenvalue weighted by Gasteiger charge is -2.28. The van der Waals surface area contributed by atoms with E-state index in [1.54, 1.807) is 18.2 Å². The van der Waals surface area contributed by atoms with Crippen LogP contribution >= 0.6 is 0 Å². The van der Waals surface area contributed by atoms with Crippen LogP contribution < -0.4 is 10.6 Å². The van der Waals surface area contributed by atoms with Crippen molar-refractivity contribution >= 4 is 17.8 Å². The lowest BCUT2D eigenvalue weighted by molar-refractivity contribution is -0.150. The number of allylic oxidation sites excluding steroid dienone is 1. The average Bonchev–Trinajstić information content (AvgIpc) is 3.17. The van der Waals surface area contributed by atoms with Gasteiger partial charge in [-0.2, -0.15) is 0 Å². The third-order valence-corrected chi connectivity index (χ3v) is 8.01. The first-order chi connectivity index (χ1) is 21.4. The van der Waals surface area contributed by atoms with E-state index in [9.17, 15) is 29.7 Å². The summed E-state index contributed by atoms with van der Waals surface area (Å²) in [7, 11) is 1.18. The van der Waals surface area contributed by atoms with Crippen LogP contribution in [-0.4, -0.2) is 83.3 Å². The van der Waals surface area contributed by atoms with Gasteiger partial charge in [0.15, 0.2) is 6.10 Å². The SMILES string of the molecule is CCCCCCCCCCc1ccc(C(=O)OC2CCC(NC(=O)C(OC)C(O)C(O)C(O)/C=C/C(C)(C)C)C(=O)NC2)cc1. The molecule has 0 aromatic heterocycles. The molecule has 45 heavy (non-hydrogen) atoms. The maximum Gasteiger partial charge on any atom is 0.338 e. The van der Waals surface area contributed by atoms with E-state index < -0.39 is 54.3 Å². The van der Waals surface area contributed by atoms with Gasteiger partial charge in [-0.05, 0) is 48.8 Å². The Labute approximate surface area is 269 Å². The Balaban J connectivity index is 1.83. The number of esters is 1. The summed E-state index contributed by atoms with van der Waals surface area (Å²) in [6, 6.07) is 6.47. The van der Waals surface area contributed by atoms with Crippen LogP contribution in [0.1, 0.15) is 108 Å². The van der Waals surface area contributed by atoms with Gasteiger partial charge in [0.2, 0.25) is 5.91 Å². The summed E-state index contributed by atoms with van der Waals surface area (Å²) in [6.45, 7) is 8.04. The van der Waals surface area contributed by atoms with E-state index in [1.807, 2.05) is 32.9 Å². The Morgan fingerprint density at radius 1 is 0.978 bits per heavy atom. The first kappa shape index (κ1) is 38.4. The Bertz CT molecular complexity index is 1070. The molecule has 5 N–H and O–H groups in total. The van der Waals surface area contributed by atoms with Gasteiger partial charge in [0.1, 0.15) is 30.5 Å². The van der Waals surface area contributed by atoms with Gasteiger partial charge in [0.25, 0.3) is 5.91 Å². The number of nitrogens with one attached hydrogen (secondary N) is 2. The molecule has 1 saturated heterocycles. The molecule has 1 heterocycles. The van der Waals surface area contributed by atoms with Gasteiger partial charge in [0, 0.05) is 7.11 Å². The number of rotatable bonds is 18. The molecular weight excluding hydrogens is 576 g/mol. The molecule has 0 saturated carbocycles. The van der Waals surface area contributed by atoms with Gasteiger partial charge in [-0.3, -0.25) is 9.59 Å².